The molecule has 4 nitrogen and oxygen atoms in total. The van der Waals surface area contributed by atoms with Crippen molar-refractivity contribution in [3.8, 4) is 0 Å². The molecule has 1 aliphatic rings. The summed E-state index contributed by atoms with van der Waals surface area (Å²) in [6.45, 7) is 0. The molecular formula is C8H12BrN3OS. The molecule has 1 aromatic heterocycles. The summed E-state index contributed by atoms with van der Waals surface area (Å²) in [4.78, 5) is 0. The van der Waals surface area contributed by atoms with Gasteiger partial charge in [0, 0.05) is 0 Å². The van der Waals surface area contributed by atoms with E-state index in [0.717, 1.165) is 28.3 Å². The third-order valence-corrected chi connectivity index (χ3v) is 3.73. The molecule has 0 radical (unpaired) electrons. The van der Waals surface area contributed by atoms with Crippen molar-refractivity contribution in [3.63, 3.8) is 0 Å². The third-order valence-electron chi connectivity index (χ3n) is 2.44. The van der Waals surface area contributed by atoms with Gasteiger partial charge in [0.2, 0.25) is 5.13 Å². The molecule has 0 aromatic carbocycles. The third kappa shape index (κ3) is 2.43. The van der Waals surface area contributed by atoms with E-state index in [2.05, 4.69) is 31.4 Å². The summed E-state index contributed by atoms with van der Waals surface area (Å²) >= 11 is 4.71. The number of aromatic nitrogens is 2. The van der Waals surface area contributed by atoms with Crippen LogP contribution in [-0.2, 0) is 0 Å². The van der Waals surface area contributed by atoms with Crippen LogP contribution in [0.1, 0.15) is 25.7 Å². The summed E-state index contributed by atoms with van der Waals surface area (Å²) in [5.41, 5.74) is 0. The highest BCUT2D eigenvalue weighted by atomic mass is 79.9. The van der Waals surface area contributed by atoms with Crippen molar-refractivity contribution >= 4 is 32.4 Å². The van der Waals surface area contributed by atoms with Gasteiger partial charge in [0.15, 0.2) is 3.92 Å². The molecule has 0 spiro atoms. The highest BCUT2D eigenvalue weighted by Crippen LogP contribution is 2.25. The van der Waals surface area contributed by atoms with Gasteiger partial charge in [0.25, 0.3) is 0 Å². The SMILES string of the molecule is O[C@H]1CCCC[C@@H]1Nc1nnc(Br)s1. The highest BCUT2D eigenvalue weighted by Gasteiger charge is 2.23. The zero-order chi connectivity index (χ0) is 9.97. The van der Waals surface area contributed by atoms with Gasteiger partial charge < -0.3 is 10.4 Å². The number of nitrogens with zero attached hydrogens (tertiary/aromatic N) is 2. The molecule has 0 bridgehead atoms. The van der Waals surface area contributed by atoms with E-state index >= 15 is 0 Å². The molecule has 1 aliphatic carbocycles. The summed E-state index contributed by atoms with van der Waals surface area (Å²) in [6, 6.07) is 0.142. The normalized spacial score (nSPS) is 27.6. The molecule has 1 aromatic rings. The summed E-state index contributed by atoms with van der Waals surface area (Å²) in [6.07, 6.45) is 3.95. The maximum atomic E-state index is 9.72. The second-order valence-electron chi connectivity index (χ2n) is 3.46. The van der Waals surface area contributed by atoms with Crippen molar-refractivity contribution in [2.24, 2.45) is 0 Å². The van der Waals surface area contributed by atoms with Gasteiger partial charge in [-0.3, -0.25) is 0 Å². The van der Waals surface area contributed by atoms with Gasteiger partial charge in [-0.1, -0.05) is 24.2 Å². The fourth-order valence-corrected chi connectivity index (χ4v) is 2.77. The van der Waals surface area contributed by atoms with Crippen LogP contribution in [0.5, 0.6) is 0 Å². The smallest absolute Gasteiger partial charge is 0.206 e. The predicted molar refractivity (Wildman–Crippen MR) is 59.5 cm³/mol. The summed E-state index contributed by atoms with van der Waals surface area (Å²) < 4.78 is 0.769. The van der Waals surface area contributed by atoms with Crippen LogP contribution in [0.15, 0.2) is 3.92 Å². The topological polar surface area (TPSA) is 58.0 Å². The Hall–Kier alpha value is -0.200. The lowest BCUT2D eigenvalue weighted by Gasteiger charge is -2.27. The fourth-order valence-electron chi connectivity index (χ4n) is 1.70. The minimum atomic E-state index is -0.244. The Kier molecular flexibility index (Phi) is 3.35. The highest BCUT2D eigenvalue weighted by molar-refractivity contribution is 9.11. The Balaban J connectivity index is 1.95. The Labute approximate surface area is 94.9 Å². The van der Waals surface area contributed by atoms with Crippen molar-refractivity contribution in [2.45, 2.75) is 37.8 Å². The van der Waals surface area contributed by atoms with Crippen LogP contribution in [0, 0.1) is 0 Å². The molecule has 2 N–H and O–H groups in total. The van der Waals surface area contributed by atoms with Crippen LogP contribution in [0.4, 0.5) is 5.13 Å². The number of rotatable bonds is 2. The molecule has 1 fully saturated rings. The predicted octanol–water partition coefficient (Wildman–Crippen LogP) is 2.02. The van der Waals surface area contributed by atoms with Crippen LogP contribution in [0.25, 0.3) is 0 Å². The van der Waals surface area contributed by atoms with Crippen molar-refractivity contribution < 1.29 is 5.11 Å². The molecule has 78 valence electrons. The molecule has 14 heavy (non-hydrogen) atoms. The van der Waals surface area contributed by atoms with E-state index in [4.69, 9.17) is 0 Å². The summed E-state index contributed by atoms with van der Waals surface area (Å²) in [5, 5.41) is 21.5. The van der Waals surface area contributed by atoms with E-state index in [9.17, 15) is 5.11 Å². The standard InChI is InChI=1S/C8H12BrN3OS/c9-7-11-12-8(14-7)10-5-3-1-2-4-6(5)13/h5-6,13H,1-4H2,(H,10,12)/t5-,6-/m0/s1. The molecule has 0 aliphatic heterocycles. The molecule has 6 heteroatoms. The lowest BCUT2D eigenvalue weighted by atomic mass is 9.93. The van der Waals surface area contributed by atoms with Gasteiger partial charge in [-0.15, -0.1) is 10.2 Å². The Morgan fingerprint density at radius 3 is 2.79 bits per heavy atom. The van der Waals surface area contributed by atoms with Crippen LogP contribution in [0.2, 0.25) is 0 Å². The van der Waals surface area contributed by atoms with Crippen molar-refractivity contribution in [1.82, 2.24) is 10.2 Å². The molecule has 1 heterocycles. The van der Waals surface area contributed by atoms with Gasteiger partial charge in [0.1, 0.15) is 0 Å². The maximum absolute atomic E-state index is 9.72. The van der Waals surface area contributed by atoms with Gasteiger partial charge in [-0.2, -0.15) is 0 Å². The number of halogens is 1. The number of nitrogens with one attached hydrogen (secondary N) is 1. The van der Waals surface area contributed by atoms with E-state index in [1.807, 2.05) is 0 Å². The molecule has 2 rings (SSSR count). The number of hydrogen-bond donors (Lipinski definition) is 2. The van der Waals surface area contributed by atoms with Crippen molar-refractivity contribution in [3.05, 3.63) is 3.92 Å². The largest absolute Gasteiger partial charge is 0.391 e. The number of aliphatic hydroxyl groups is 1. The van der Waals surface area contributed by atoms with E-state index < -0.39 is 0 Å². The molecule has 0 unspecified atom stereocenters. The zero-order valence-electron chi connectivity index (χ0n) is 7.61. The molecule has 2 atom stereocenters. The minimum absolute atomic E-state index is 0.142. The first kappa shape index (κ1) is 10.3. The first-order valence-corrected chi connectivity index (χ1v) is 6.30. The van der Waals surface area contributed by atoms with Gasteiger partial charge >= 0.3 is 0 Å². The second kappa shape index (κ2) is 4.55. The average molecular weight is 278 g/mol. The van der Waals surface area contributed by atoms with Crippen LogP contribution in [0.3, 0.4) is 0 Å². The zero-order valence-corrected chi connectivity index (χ0v) is 10.0. The number of anilines is 1. The monoisotopic (exact) mass is 277 g/mol. The van der Waals surface area contributed by atoms with Crippen molar-refractivity contribution in [2.75, 3.05) is 5.32 Å². The quantitative estimate of drug-likeness (QED) is 0.869. The van der Waals surface area contributed by atoms with E-state index in [0.29, 0.717) is 0 Å². The lowest BCUT2D eigenvalue weighted by Crippen LogP contribution is -2.36. The molecule has 0 amide bonds. The summed E-state index contributed by atoms with van der Waals surface area (Å²) in [5.74, 6) is 0. The lowest BCUT2D eigenvalue weighted by molar-refractivity contribution is 0.116. The van der Waals surface area contributed by atoms with Crippen LogP contribution in [-0.4, -0.2) is 27.4 Å². The van der Waals surface area contributed by atoms with E-state index in [1.54, 1.807) is 0 Å². The Morgan fingerprint density at radius 1 is 1.36 bits per heavy atom. The molecular weight excluding hydrogens is 266 g/mol. The van der Waals surface area contributed by atoms with Crippen LogP contribution < -0.4 is 5.32 Å². The van der Waals surface area contributed by atoms with Gasteiger partial charge in [-0.05, 0) is 28.8 Å². The Bertz CT molecular complexity index is 307. The fraction of sp³-hybridized carbons (Fsp3) is 0.750. The number of hydrogen-bond acceptors (Lipinski definition) is 5. The molecule has 0 saturated heterocycles. The van der Waals surface area contributed by atoms with Crippen molar-refractivity contribution in [1.29, 1.82) is 0 Å². The van der Waals surface area contributed by atoms with E-state index in [1.165, 1.54) is 17.8 Å². The minimum Gasteiger partial charge on any atom is -0.391 e. The average Bonchev–Trinajstić information content (AvgIpc) is 2.56. The Morgan fingerprint density at radius 2 is 2.14 bits per heavy atom. The first-order chi connectivity index (χ1) is 6.75. The van der Waals surface area contributed by atoms with Gasteiger partial charge in [-0.25, -0.2) is 0 Å². The second-order valence-corrected chi connectivity index (χ2v) is 5.72. The first-order valence-electron chi connectivity index (χ1n) is 4.69. The van der Waals surface area contributed by atoms with Crippen LogP contribution >= 0.6 is 27.3 Å². The van der Waals surface area contributed by atoms with E-state index in [-0.39, 0.29) is 12.1 Å². The summed E-state index contributed by atoms with van der Waals surface area (Å²) in [7, 11) is 0. The maximum Gasteiger partial charge on any atom is 0.206 e. The van der Waals surface area contributed by atoms with Gasteiger partial charge in [0.05, 0.1) is 12.1 Å². The number of aliphatic hydroxyl groups excluding tert-OH is 1. The molecule has 1 saturated carbocycles.